The summed E-state index contributed by atoms with van der Waals surface area (Å²) < 4.78 is 31.8. The number of carbonyl (C=O) groups excluding carboxylic acids is 1. The Hall–Kier alpha value is -1.40. The number of hydrogen-bond acceptors (Lipinski definition) is 4. The molecule has 116 valence electrons. The highest BCUT2D eigenvalue weighted by atomic mass is 32.2. The van der Waals surface area contributed by atoms with Crippen LogP contribution in [0.1, 0.15) is 42.1 Å². The van der Waals surface area contributed by atoms with Crippen molar-refractivity contribution in [1.82, 2.24) is 4.72 Å². The second-order valence-electron chi connectivity index (χ2n) is 5.68. The van der Waals surface area contributed by atoms with Crippen molar-refractivity contribution in [3.05, 3.63) is 35.4 Å². The largest absolute Gasteiger partial charge is 0.465 e. The molecule has 0 spiro atoms. The van der Waals surface area contributed by atoms with Gasteiger partial charge < -0.3 is 4.74 Å². The Morgan fingerprint density at radius 1 is 1.38 bits per heavy atom. The van der Waals surface area contributed by atoms with Crippen LogP contribution in [0.25, 0.3) is 0 Å². The molecule has 1 aromatic carbocycles. The van der Waals surface area contributed by atoms with E-state index in [2.05, 4.69) is 16.4 Å². The summed E-state index contributed by atoms with van der Waals surface area (Å²) >= 11 is 0. The fourth-order valence-electron chi connectivity index (χ4n) is 2.74. The average Bonchev–Trinajstić information content (AvgIpc) is 2.82. The highest BCUT2D eigenvalue weighted by Gasteiger charge is 2.25. The Morgan fingerprint density at radius 2 is 2.14 bits per heavy atom. The van der Waals surface area contributed by atoms with Crippen LogP contribution in [0.4, 0.5) is 0 Å². The summed E-state index contributed by atoms with van der Waals surface area (Å²) in [5.41, 5.74) is 0.941. The Kier molecular flexibility index (Phi) is 5.00. The second kappa shape index (κ2) is 6.58. The van der Waals surface area contributed by atoms with Crippen LogP contribution in [-0.4, -0.2) is 27.5 Å². The zero-order valence-electron chi connectivity index (χ0n) is 12.3. The Bertz CT molecular complexity index is 612. The Morgan fingerprint density at radius 3 is 2.76 bits per heavy atom. The summed E-state index contributed by atoms with van der Waals surface area (Å²) in [7, 11) is -2.09. The lowest BCUT2D eigenvalue weighted by Gasteiger charge is -2.13. The van der Waals surface area contributed by atoms with Crippen molar-refractivity contribution >= 4 is 16.0 Å². The standard InChI is InChI=1S/C15H21NO4S/c1-11-6-7-14(8-11)16-21(18,19)10-12-4-3-5-13(9-12)15(17)20-2/h3-5,9,11,14,16H,6-8,10H2,1-2H3. The molecule has 1 aliphatic carbocycles. The number of hydrogen-bond donors (Lipinski definition) is 1. The molecule has 1 saturated carbocycles. The molecule has 0 heterocycles. The van der Waals surface area contributed by atoms with Crippen LogP contribution < -0.4 is 4.72 Å². The van der Waals surface area contributed by atoms with Gasteiger partial charge in [-0.2, -0.15) is 0 Å². The summed E-state index contributed by atoms with van der Waals surface area (Å²) in [5.74, 6) is -0.0184. The molecule has 21 heavy (non-hydrogen) atoms. The molecule has 6 heteroatoms. The van der Waals surface area contributed by atoms with E-state index in [1.165, 1.54) is 7.11 Å². The van der Waals surface area contributed by atoms with E-state index < -0.39 is 16.0 Å². The zero-order chi connectivity index (χ0) is 15.5. The highest BCUT2D eigenvalue weighted by molar-refractivity contribution is 7.88. The third-order valence-corrected chi connectivity index (χ3v) is 5.15. The quantitative estimate of drug-likeness (QED) is 0.845. The van der Waals surface area contributed by atoms with Gasteiger partial charge in [-0.25, -0.2) is 17.9 Å². The summed E-state index contributed by atoms with van der Waals surface area (Å²) in [5, 5.41) is 0. The first-order valence-corrected chi connectivity index (χ1v) is 8.72. The van der Waals surface area contributed by atoms with Crippen LogP contribution in [0.3, 0.4) is 0 Å². The first kappa shape index (κ1) is 16.0. The van der Waals surface area contributed by atoms with E-state index in [0.29, 0.717) is 17.0 Å². The number of benzene rings is 1. The van der Waals surface area contributed by atoms with Gasteiger partial charge in [-0.1, -0.05) is 19.1 Å². The number of ether oxygens (including phenoxy) is 1. The van der Waals surface area contributed by atoms with Crippen LogP contribution in [0, 0.1) is 5.92 Å². The van der Waals surface area contributed by atoms with Crippen molar-refractivity contribution in [1.29, 1.82) is 0 Å². The molecule has 2 unspecified atom stereocenters. The maximum Gasteiger partial charge on any atom is 0.337 e. The molecule has 0 radical (unpaired) electrons. The second-order valence-corrected chi connectivity index (χ2v) is 7.44. The fourth-order valence-corrected chi connectivity index (χ4v) is 4.16. The van der Waals surface area contributed by atoms with Crippen molar-refractivity contribution < 1.29 is 17.9 Å². The zero-order valence-corrected chi connectivity index (χ0v) is 13.2. The molecule has 5 nitrogen and oxygen atoms in total. The van der Waals surface area contributed by atoms with Gasteiger partial charge in [0.25, 0.3) is 0 Å². The smallest absolute Gasteiger partial charge is 0.337 e. The molecule has 0 amide bonds. The third kappa shape index (κ3) is 4.54. The molecule has 0 bridgehead atoms. The van der Waals surface area contributed by atoms with Gasteiger partial charge in [0, 0.05) is 6.04 Å². The minimum Gasteiger partial charge on any atom is -0.465 e. The first-order chi connectivity index (χ1) is 9.89. The number of esters is 1. The van der Waals surface area contributed by atoms with Crippen LogP contribution in [-0.2, 0) is 20.5 Å². The van der Waals surface area contributed by atoms with Crippen LogP contribution >= 0.6 is 0 Å². The van der Waals surface area contributed by atoms with E-state index in [4.69, 9.17) is 0 Å². The van der Waals surface area contributed by atoms with Crippen LogP contribution in [0.15, 0.2) is 24.3 Å². The maximum absolute atomic E-state index is 12.2. The van der Waals surface area contributed by atoms with E-state index in [0.717, 1.165) is 19.3 Å². The van der Waals surface area contributed by atoms with Crippen molar-refractivity contribution in [2.24, 2.45) is 5.92 Å². The van der Waals surface area contributed by atoms with Gasteiger partial charge in [0.05, 0.1) is 18.4 Å². The molecule has 1 fully saturated rings. The van der Waals surface area contributed by atoms with Gasteiger partial charge in [-0.05, 0) is 42.9 Å². The van der Waals surface area contributed by atoms with Gasteiger partial charge >= 0.3 is 5.97 Å². The molecule has 0 aliphatic heterocycles. The summed E-state index contributed by atoms with van der Waals surface area (Å²) in [6, 6.07) is 6.56. The summed E-state index contributed by atoms with van der Waals surface area (Å²) in [6.07, 6.45) is 2.84. The van der Waals surface area contributed by atoms with Crippen LogP contribution in [0.2, 0.25) is 0 Å². The Labute approximate surface area is 125 Å². The van der Waals surface area contributed by atoms with Crippen LogP contribution in [0.5, 0.6) is 0 Å². The normalized spacial score (nSPS) is 22.2. The van der Waals surface area contributed by atoms with E-state index >= 15 is 0 Å². The molecule has 2 atom stereocenters. The molecular formula is C15H21NO4S. The minimum atomic E-state index is -3.39. The predicted molar refractivity (Wildman–Crippen MR) is 80.3 cm³/mol. The average molecular weight is 311 g/mol. The van der Waals surface area contributed by atoms with Gasteiger partial charge in [-0.15, -0.1) is 0 Å². The molecule has 2 rings (SSSR count). The Balaban J connectivity index is 2.04. The van der Waals surface area contributed by atoms with Crippen molar-refractivity contribution in [2.75, 3.05) is 7.11 Å². The monoisotopic (exact) mass is 311 g/mol. The number of sulfonamides is 1. The van der Waals surface area contributed by atoms with Gasteiger partial charge in [0.1, 0.15) is 0 Å². The molecule has 1 aromatic rings. The number of nitrogens with one attached hydrogen (secondary N) is 1. The van der Waals surface area contributed by atoms with E-state index in [-0.39, 0.29) is 11.8 Å². The van der Waals surface area contributed by atoms with Gasteiger partial charge in [0.15, 0.2) is 0 Å². The van der Waals surface area contributed by atoms with Gasteiger partial charge in [-0.3, -0.25) is 0 Å². The number of rotatable bonds is 5. The van der Waals surface area contributed by atoms with Crippen molar-refractivity contribution in [2.45, 2.75) is 38.0 Å². The molecule has 0 saturated heterocycles. The molecule has 1 N–H and O–H groups in total. The first-order valence-electron chi connectivity index (χ1n) is 7.07. The third-order valence-electron chi connectivity index (χ3n) is 3.75. The lowest BCUT2D eigenvalue weighted by molar-refractivity contribution is 0.0600. The fraction of sp³-hybridized carbons (Fsp3) is 0.533. The predicted octanol–water partition coefficient (Wildman–Crippen LogP) is 2.08. The van der Waals surface area contributed by atoms with Gasteiger partial charge in [0.2, 0.25) is 10.0 Å². The lowest BCUT2D eigenvalue weighted by Crippen LogP contribution is -2.33. The van der Waals surface area contributed by atoms with E-state index in [1.807, 2.05) is 0 Å². The molecule has 1 aliphatic rings. The van der Waals surface area contributed by atoms with E-state index in [9.17, 15) is 13.2 Å². The van der Waals surface area contributed by atoms with E-state index in [1.54, 1.807) is 24.3 Å². The lowest BCUT2D eigenvalue weighted by atomic mass is 10.1. The number of methoxy groups -OCH3 is 1. The summed E-state index contributed by atoms with van der Waals surface area (Å²) in [6.45, 7) is 2.13. The van der Waals surface area contributed by atoms with Crippen molar-refractivity contribution in [3.8, 4) is 0 Å². The molecule has 0 aromatic heterocycles. The molecular weight excluding hydrogens is 290 g/mol. The number of carbonyl (C=O) groups is 1. The minimum absolute atomic E-state index is 0.0359. The maximum atomic E-state index is 12.2. The SMILES string of the molecule is COC(=O)c1cccc(CS(=O)(=O)NC2CCC(C)C2)c1. The van der Waals surface area contributed by atoms with Crippen molar-refractivity contribution in [3.63, 3.8) is 0 Å². The highest BCUT2D eigenvalue weighted by Crippen LogP contribution is 2.25. The summed E-state index contributed by atoms with van der Waals surface area (Å²) in [4.78, 5) is 11.5. The topological polar surface area (TPSA) is 72.5 Å².